The summed E-state index contributed by atoms with van der Waals surface area (Å²) in [6, 6.07) is 15.2. The summed E-state index contributed by atoms with van der Waals surface area (Å²) in [6.07, 6.45) is -0.709. The van der Waals surface area contributed by atoms with E-state index in [9.17, 15) is 19.5 Å². The van der Waals surface area contributed by atoms with Crippen LogP contribution in [0, 0.1) is 5.41 Å². The van der Waals surface area contributed by atoms with Crippen LogP contribution in [0.15, 0.2) is 48.5 Å². The SMILES string of the molecule is CCN(C(=O)[C@@H](NC(=O)OCC1c2ccccc2-c2ccccc21)C(C)(C)C)C(C)(C)C(=O)O. The molecule has 2 aromatic rings. The second kappa shape index (κ2) is 9.49. The number of nitrogens with zero attached hydrogens (tertiary/aromatic N) is 1. The molecule has 0 spiro atoms. The predicted octanol–water partition coefficient (Wildman–Crippen LogP) is 4.65. The Morgan fingerprint density at radius 2 is 1.47 bits per heavy atom. The number of fused-ring (bicyclic) bond motifs is 3. The van der Waals surface area contributed by atoms with E-state index in [2.05, 4.69) is 17.4 Å². The normalized spacial score (nSPS) is 14.1. The van der Waals surface area contributed by atoms with E-state index in [0.717, 1.165) is 22.3 Å². The first-order chi connectivity index (χ1) is 15.9. The molecular weight excluding hydrogens is 432 g/mol. The van der Waals surface area contributed by atoms with Gasteiger partial charge in [-0.15, -0.1) is 0 Å². The van der Waals surface area contributed by atoms with Crippen LogP contribution in [0.1, 0.15) is 58.6 Å². The molecule has 182 valence electrons. The van der Waals surface area contributed by atoms with E-state index in [1.165, 1.54) is 18.7 Å². The number of rotatable bonds is 7. The number of alkyl carbamates (subject to hydrolysis) is 1. The molecule has 1 atom stereocenters. The highest BCUT2D eigenvalue weighted by molar-refractivity contribution is 5.91. The number of carboxylic acid groups (broad SMARTS) is 1. The zero-order valence-electron chi connectivity index (χ0n) is 20.7. The van der Waals surface area contributed by atoms with Crippen molar-refractivity contribution in [3.63, 3.8) is 0 Å². The third kappa shape index (κ3) is 4.79. The van der Waals surface area contributed by atoms with Gasteiger partial charge in [-0.25, -0.2) is 9.59 Å². The van der Waals surface area contributed by atoms with E-state index >= 15 is 0 Å². The summed E-state index contributed by atoms with van der Waals surface area (Å²) in [4.78, 5) is 39.3. The number of amides is 2. The summed E-state index contributed by atoms with van der Waals surface area (Å²) < 4.78 is 5.62. The molecule has 0 saturated carbocycles. The van der Waals surface area contributed by atoms with Crippen molar-refractivity contribution in [2.75, 3.05) is 13.2 Å². The first kappa shape index (κ1) is 25.3. The van der Waals surface area contributed by atoms with Gasteiger partial charge < -0.3 is 20.1 Å². The molecule has 34 heavy (non-hydrogen) atoms. The number of aliphatic carboxylic acids is 1. The van der Waals surface area contributed by atoms with Crippen molar-refractivity contribution in [2.24, 2.45) is 5.41 Å². The second-order valence-corrected chi connectivity index (χ2v) is 10.2. The van der Waals surface area contributed by atoms with E-state index in [1.807, 2.05) is 57.2 Å². The van der Waals surface area contributed by atoms with Gasteiger partial charge in [-0.1, -0.05) is 69.3 Å². The van der Waals surface area contributed by atoms with Crippen LogP contribution in [0.25, 0.3) is 11.1 Å². The van der Waals surface area contributed by atoms with E-state index in [1.54, 1.807) is 6.92 Å². The van der Waals surface area contributed by atoms with Gasteiger partial charge in [0.1, 0.15) is 18.2 Å². The van der Waals surface area contributed by atoms with Gasteiger partial charge in [0.25, 0.3) is 0 Å². The van der Waals surface area contributed by atoms with Gasteiger partial charge in [-0.05, 0) is 48.4 Å². The Labute approximate surface area is 201 Å². The molecule has 1 aliphatic carbocycles. The highest BCUT2D eigenvalue weighted by Crippen LogP contribution is 2.44. The fourth-order valence-electron chi connectivity index (χ4n) is 4.50. The summed E-state index contributed by atoms with van der Waals surface area (Å²) in [5, 5.41) is 12.3. The van der Waals surface area contributed by atoms with Crippen LogP contribution < -0.4 is 5.32 Å². The fraction of sp³-hybridized carbons (Fsp3) is 0.444. The topological polar surface area (TPSA) is 95.9 Å². The highest BCUT2D eigenvalue weighted by atomic mass is 16.5. The minimum Gasteiger partial charge on any atom is -0.480 e. The molecule has 0 saturated heterocycles. The smallest absolute Gasteiger partial charge is 0.407 e. The summed E-state index contributed by atoms with van der Waals surface area (Å²) in [6.45, 7) is 10.5. The molecule has 0 heterocycles. The Morgan fingerprint density at radius 1 is 0.971 bits per heavy atom. The molecule has 0 bridgehead atoms. The molecular formula is C27H34N2O5. The van der Waals surface area contributed by atoms with Crippen LogP contribution in [-0.4, -0.2) is 52.7 Å². The first-order valence-electron chi connectivity index (χ1n) is 11.6. The van der Waals surface area contributed by atoms with E-state index in [-0.39, 0.29) is 19.1 Å². The van der Waals surface area contributed by atoms with Gasteiger partial charge >= 0.3 is 12.1 Å². The Morgan fingerprint density at radius 3 is 1.91 bits per heavy atom. The molecule has 0 aliphatic heterocycles. The summed E-state index contributed by atoms with van der Waals surface area (Å²) >= 11 is 0. The Balaban J connectivity index is 1.77. The maximum atomic E-state index is 13.4. The number of hydrogen-bond acceptors (Lipinski definition) is 4. The van der Waals surface area contributed by atoms with E-state index in [4.69, 9.17) is 4.74 Å². The van der Waals surface area contributed by atoms with Gasteiger partial charge in [0.2, 0.25) is 5.91 Å². The number of benzene rings is 2. The quantitative estimate of drug-likeness (QED) is 0.619. The third-order valence-corrected chi connectivity index (χ3v) is 6.50. The zero-order valence-corrected chi connectivity index (χ0v) is 20.7. The number of nitrogens with one attached hydrogen (secondary N) is 1. The number of carboxylic acids is 1. The molecule has 7 heteroatoms. The van der Waals surface area contributed by atoms with Crippen LogP contribution in [0.4, 0.5) is 4.79 Å². The van der Waals surface area contributed by atoms with Gasteiger partial charge in [0.15, 0.2) is 0 Å². The number of carbonyl (C=O) groups is 3. The molecule has 1 aliphatic rings. The third-order valence-electron chi connectivity index (χ3n) is 6.50. The zero-order chi connectivity index (χ0) is 25.3. The van der Waals surface area contributed by atoms with Crippen molar-refractivity contribution < 1.29 is 24.2 Å². The lowest BCUT2D eigenvalue weighted by Gasteiger charge is -2.40. The van der Waals surface area contributed by atoms with Crippen molar-refractivity contribution in [1.29, 1.82) is 0 Å². The maximum absolute atomic E-state index is 13.4. The van der Waals surface area contributed by atoms with Crippen LogP contribution >= 0.6 is 0 Å². The standard InChI is InChI=1S/C27H34N2O5/c1-7-29(27(5,6)24(31)32)23(30)22(26(2,3)4)28-25(33)34-16-21-19-14-10-8-12-17(19)18-13-9-11-15-20(18)21/h8-15,21-22H,7,16H2,1-6H3,(H,28,33)(H,31,32)/t22-/m1/s1. The van der Waals surface area contributed by atoms with Gasteiger partial charge in [0, 0.05) is 12.5 Å². The van der Waals surface area contributed by atoms with Crippen molar-refractivity contribution in [2.45, 2.75) is 59.0 Å². The van der Waals surface area contributed by atoms with Crippen LogP contribution in [-0.2, 0) is 14.3 Å². The number of likely N-dealkylation sites (N-methyl/N-ethyl adjacent to an activating group) is 1. The second-order valence-electron chi connectivity index (χ2n) is 10.2. The van der Waals surface area contributed by atoms with Crippen molar-refractivity contribution >= 4 is 18.0 Å². The minimum absolute atomic E-state index is 0.0972. The maximum Gasteiger partial charge on any atom is 0.407 e. The largest absolute Gasteiger partial charge is 0.480 e. The van der Waals surface area contributed by atoms with Crippen LogP contribution in [0.2, 0.25) is 0 Å². The average Bonchev–Trinajstić information content (AvgIpc) is 3.09. The average molecular weight is 467 g/mol. The van der Waals surface area contributed by atoms with Crippen molar-refractivity contribution in [3.05, 3.63) is 59.7 Å². The first-order valence-corrected chi connectivity index (χ1v) is 11.6. The molecule has 0 aromatic heterocycles. The number of carbonyl (C=O) groups excluding carboxylic acids is 2. The lowest BCUT2D eigenvalue weighted by molar-refractivity contribution is -0.158. The van der Waals surface area contributed by atoms with Gasteiger partial charge in [-0.2, -0.15) is 0 Å². The van der Waals surface area contributed by atoms with Crippen LogP contribution in [0.5, 0.6) is 0 Å². The van der Waals surface area contributed by atoms with Crippen molar-refractivity contribution in [1.82, 2.24) is 10.2 Å². The lowest BCUT2D eigenvalue weighted by Crippen LogP contribution is -2.61. The van der Waals surface area contributed by atoms with Crippen molar-refractivity contribution in [3.8, 4) is 11.1 Å². The van der Waals surface area contributed by atoms with Gasteiger partial charge in [0.05, 0.1) is 0 Å². The highest BCUT2D eigenvalue weighted by Gasteiger charge is 2.43. The lowest BCUT2D eigenvalue weighted by atomic mass is 9.85. The molecule has 2 aromatic carbocycles. The number of hydrogen-bond donors (Lipinski definition) is 2. The fourth-order valence-corrected chi connectivity index (χ4v) is 4.50. The summed E-state index contributed by atoms with van der Waals surface area (Å²) in [7, 11) is 0. The van der Waals surface area contributed by atoms with E-state index < -0.39 is 35.0 Å². The molecule has 0 fully saturated rings. The number of ether oxygens (including phenoxy) is 1. The van der Waals surface area contributed by atoms with Gasteiger partial charge in [-0.3, -0.25) is 4.79 Å². The predicted molar refractivity (Wildman–Crippen MR) is 131 cm³/mol. The molecule has 0 unspecified atom stereocenters. The van der Waals surface area contributed by atoms with E-state index in [0.29, 0.717) is 0 Å². The summed E-state index contributed by atoms with van der Waals surface area (Å²) in [5.41, 5.74) is 2.37. The molecule has 2 N–H and O–H groups in total. The molecule has 3 rings (SSSR count). The monoisotopic (exact) mass is 466 g/mol. The Bertz CT molecular complexity index is 1040. The Kier molecular flexibility index (Phi) is 7.05. The van der Waals surface area contributed by atoms with Crippen LogP contribution in [0.3, 0.4) is 0 Å². The molecule has 2 amide bonds. The Hall–Kier alpha value is -3.35. The molecule has 0 radical (unpaired) electrons. The molecule has 7 nitrogen and oxygen atoms in total. The minimum atomic E-state index is -1.42. The summed E-state index contributed by atoms with van der Waals surface area (Å²) in [5.74, 6) is -1.67.